The highest BCUT2D eigenvalue weighted by atomic mass is 79.9. The summed E-state index contributed by atoms with van der Waals surface area (Å²) in [6.45, 7) is 0.695. The Morgan fingerprint density at radius 1 is 1.91 bits per heavy atom. The van der Waals surface area contributed by atoms with Crippen molar-refractivity contribution < 1.29 is 4.92 Å². The molecule has 1 N–H and O–H groups in total. The average molecular weight is 241 g/mol. The van der Waals surface area contributed by atoms with Crippen molar-refractivity contribution in [3.63, 3.8) is 0 Å². The summed E-state index contributed by atoms with van der Waals surface area (Å²) in [5, 5.41) is 14.2. The third kappa shape index (κ3) is 6.18. The molecule has 0 aliphatic heterocycles. The Balaban J connectivity index is 3.84. The maximum atomic E-state index is 10.00. The molecule has 6 heteroatoms. The summed E-state index contributed by atoms with van der Waals surface area (Å²) in [5.74, 6) is 0. The van der Waals surface area contributed by atoms with Gasteiger partial charge < -0.3 is 5.32 Å². The summed E-state index contributed by atoms with van der Waals surface area (Å²) in [7, 11) is 0. The molecule has 0 saturated carbocycles. The van der Waals surface area contributed by atoms with Gasteiger partial charge in [-0.1, -0.05) is 15.9 Å². The predicted molar refractivity (Wildman–Crippen MR) is 50.4 cm³/mol. The van der Waals surface area contributed by atoms with Crippen LogP contribution in [0.25, 0.3) is 0 Å². The van der Waals surface area contributed by atoms with Crippen LogP contribution in [0.2, 0.25) is 0 Å². The van der Waals surface area contributed by atoms with Crippen LogP contribution in [0.4, 0.5) is 0 Å². The molecule has 0 atom stereocenters. The number of nitro groups is 1. The molecule has 0 aliphatic carbocycles. The van der Waals surface area contributed by atoms with E-state index in [1.54, 1.807) is 6.26 Å². The number of hydrogen-bond acceptors (Lipinski definition) is 4. The van der Waals surface area contributed by atoms with Gasteiger partial charge in [0.15, 0.2) is 0 Å². The van der Waals surface area contributed by atoms with E-state index < -0.39 is 4.92 Å². The van der Waals surface area contributed by atoms with Gasteiger partial charge in [-0.05, 0) is 6.26 Å². The summed E-state index contributed by atoms with van der Waals surface area (Å²) in [6, 6.07) is 0. The number of halogens is 1. The molecule has 4 nitrogen and oxygen atoms in total. The van der Waals surface area contributed by atoms with Crippen LogP contribution < -0.4 is 5.32 Å². The number of thioether (sulfide) groups is 1. The van der Waals surface area contributed by atoms with Crippen LogP contribution in [0.15, 0.2) is 11.2 Å². The quantitative estimate of drug-likeness (QED) is 0.449. The molecule has 0 aliphatic rings. The zero-order valence-corrected chi connectivity index (χ0v) is 8.44. The molecular formula is C5H9BrN2O2S. The Morgan fingerprint density at radius 3 is 2.91 bits per heavy atom. The Morgan fingerprint density at radius 2 is 2.55 bits per heavy atom. The molecule has 0 unspecified atom stereocenters. The number of hydrogen-bond donors (Lipinski definition) is 1. The number of alkyl halides is 1. The third-order valence-electron chi connectivity index (χ3n) is 0.836. The van der Waals surface area contributed by atoms with Crippen molar-refractivity contribution in [1.82, 2.24) is 5.32 Å². The van der Waals surface area contributed by atoms with Gasteiger partial charge in [-0.3, -0.25) is 10.1 Å². The van der Waals surface area contributed by atoms with Crippen LogP contribution in [0, 0.1) is 10.1 Å². The molecule has 0 rings (SSSR count). The van der Waals surface area contributed by atoms with E-state index in [2.05, 4.69) is 21.2 Å². The minimum Gasteiger partial charge on any atom is -0.374 e. The smallest absolute Gasteiger partial charge is 0.263 e. The molecule has 0 bridgehead atoms. The standard InChI is InChI=1S/C5H9BrN2O2S/c1-11-5(4-8(9)10)7-3-2-6/h4,7H,2-3H2,1H3/b5-4+. The van der Waals surface area contributed by atoms with Gasteiger partial charge in [0, 0.05) is 11.9 Å². The lowest BCUT2D eigenvalue weighted by Crippen LogP contribution is -2.14. The monoisotopic (exact) mass is 240 g/mol. The zero-order valence-electron chi connectivity index (χ0n) is 6.04. The molecule has 0 radical (unpaired) electrons. The van der Waals surface area contributed by atoms with Crippen LogP contribution in [-0.4, -0.2) is 23.1 Å². The molecule has 0 amide bonds. The van der Waals surface area contributed by atoms with Crippen molar-refractivity contribution in [1.29, 1.82) is 0 Å². The summed E-state index contributed by atoms with van der Waals surface area (Å²) < 4.78 is 0. The van der Waals surface area contributed by atoms with Crippen LogP contribution in [0.5, 0.6) is 0 Å². The van der Waals surface area contributed by atoms with Crippen molar-refractivity contribution in [3.05, 3.63) is 21.3 Å². The summed E-state index contributed by atoms with van der Waals surface area (Å²) in [6.07, 6.45) is 2.75. The molecule has 11 heavy (non-hydrogen) atoms. The molecule has 0 aromatic rings. The summed E-state index contributed by atoms with van der Waals surface area (Å²) in [5.41, 5.74) is 0. The highest BCUT2D eigenvalue weighted by Gasteiger charge is 1.98. The van der Waals surface area contributed by atoms with Gasteiger partial charge >= 0.3 is 0 Å². The van der Waals surface area contributed by atoms with Crippen molar-refractivity contribution in [2.24, 2.45) is 0 Å². The van der Waals surface area contributed by atoms with E-state index in [9.17, 15) is 10.1 Å². The van der Waals surface area contributed by atoms with Crippen LogP contribution in [-0.2, 0) is 0 Å². The summed E-state index contributed by atoms with van der Waals surface area (Å²) in [4.78, 5) is 9.53. The Bertz CT molecular complexity index is 163. The zero-order chi connectivity index (χ0) is 8.69. The Labute approximate surface area is 77.7 Å². The highest BCUT2D eigenvalue weighted by molar-refractivity contribution is 9.09. The van der Waals surface area contributed by atoms with Crippen LogP contribution >= 0.6 is 27.7 Å². The Hall–Kier alpha value is -0.230. The lowest BCUT2D eigenvalue weighted by atomic mass is 10.7. The van der Waals surface area contributed by atoms with Gasteiger partial charge in [-0.25, -0.2) is 0 Å². The molecule has 0 aromatic heterocycles. The number of rotatable bonds is 5. The van der Waals surface area contributed by atoms with Crippen molar-refractivity contribution >= 4 is 27.7 Å². The first kappa shape index (κ1) is 10.8. The van der Waals surface area contributed by atoms with Gasteiger partial charge in [0.25, 0.3) is 6.20 Å². The largest absolute Gasteiger partial charge is 0.374 e. The van der Waals surface area contributed by atoms with Crippen LogP contribution in [0.1, 0.15) is 0 Å². The minimum absolute atomic E-state index is 0.465. The summed E-state index contributed by atoms with van der Waals surface area (Å²) >= 11 is 4.53. The fraction of sp³-hybridized carbons (Fsp3) is 0.600. The second kappa shape index (κ2) is 6.48. The van der Waals surface area contributed by atoms with E-state index in [-0.39, 0.29) is 0 Å². The van der Waals surface area contributed by atoms with E-state index in [1.807, 2.05) is 0 Å². The van der Waals surface area contributed by atoms with Gasteiger partial charge in [-0.15, -0.1) is 11.8 Å². The molecule has 0 saturated heterocycles. The number of nitrogens with one attached hydrogen (secondary N) is 1. The average Bonchev–Trinajstić information content (AvgIpc) is 1.97. The van der Waals surface area contributed by atoms with Gasteiger partial charge in [0.2, 0.25) is 0 Å². The van der Waals surface area contributed by atoms with Crippen molar-refractivity contribution in [2.45, 2.75) is 0 Å². The minimum atomic E-state index is -0.465. The molecule has 0 fully saturated rings. The maximum absolute atomic E-state index is 10.00. The van der Waals surface area contributed by atoms with E-state index in [0.29, 0.717) is 11.6 Å². The van der Waals surface area contributed by atoms with Gasteiger partial charge in [0.05, 0.1) is 4.92 Å². The fourth-order valence-electron chi connectivity index (χ4n) is 0.437. The maximum Gasteiger partial charge on any atom is 0.263 e. The van der Waals surface area contributed by atoms with Crippen molar-refractivity contribution in [3.8, 4) is 0 Å². The Kier molecular flexibility index (Phi) is 6.34. The highest BCUT2D eigenvalue weighted by Crippen LogP contribution is 2.06. The molecular weight excluding hydrogens is 232 g/mol. The third-order valence-corrected chi connectivity index (χ3v) is 1.92. The first-order chi connectivity index (χ1) is 5.20. The predicted octanol–water partition coefficient (Wildman–Crippen LogP) is 1.41. The molecule has 0 aromatic carbocycles. The first-order valence-corrected chi connectivity index (χ1v) is 5.24. The van der Waals surface area contributed by atoms with Crippen LogP contribution in [0.3, 0.4) is 0 Å². The topological polar surface area (TPSA) is 55.2 Å². The SMILES string of the molecule is CS/C(=C/[N+](=O)[O-])NCCBr. The second-order valence-electron chi connectivity index (χ2n) is 1.60. The molecule has 0 spiro atoms. The first-order valence-electron chi connectivity index (χ1n) is 2.90. The van der Waals surface area contributed by atoms with Crippen molar-refractivity contribution in [2.75, 3.05) is 18.1 Å². The lowest BCUT2D eigenvalue weighted by molar-refractivity contribution is -0.403. The van der Waals surface area contributed by atoms with E-state index in [4.69, 9.17) is 0 Å². The molecule has 0 heterocycles. The molecule has 64 valence electrons. The normalized spacial score (nSPS) is 11.3. The van der Waals surface area contributed by atoms with E-state index in [1.165, 1.54) is 11.8 Å². The lowest BCUT2D eigenvalue weighted by Gasteiger charge is -2.01. The second-order valence-corrected chi connectivity index (χ2v) is 3.24. The van der Waals surface area contributed by atoms with E-state index >= 15 is 0 Å². The van der Waals surface area contributed by atoms with Gasteiger partial charge in [0.1, 0.15) is 5.03 Å². The number of nitrogens with zero attached hydrogens (tertiary/aromatic N) is 1. The van der Waals surface area contributed by atoms with Gasteiger partial charge in [-0.2, -0.15) is 0 Å². The van der Waals surface area contributed by atoms with E-state index in [0.717, 1.165) is 11.5 Å². The fourth-order valence-corrected chi connectivity index (χ4v) is 1.07.